The summed E-state index contributed by atoms with van der Waals surface area (Å²) in [7, 11) is 1.64. The van der Waals surface area contributed by atoms with Gasteiger partial charge in [-0.2, -0.15) is 0 Å². The van der Waals surface area contributed by atoms with Crippen molar-refractivity contribution in [2.75, 3.05) is 12.4 Å². The maximum Gasteiger partial charge on any atom is 0.142 e. The Labute approximate surface area is 124 Å². The third kappa shape index (κ3) is 2.88. The normalized spacial score (nSPS) is 10.2. The molecule has 0 amide bonds. The van der Waals surface area contributed by atoms with Crippen molar-refractivity contribution >= 4 is 28.6 Å². The molecule has 2 rings (SSSR count). The lowest BCUT2D eigenvalue weighted by molar-refractivity contribution is 0.417. The second-order valence-electron chi connectivity index (χ2n) is 4.46. The number of rotatable bonds is 4. The minimum atomic E-state index is 0.326. The van der Waals surface area contributed by atoms with Gasteiger partial charge in [0.15, 0.2) is 0 Å². The van der Waals surface area contributed by atoms with E-state index in [-0.39, 0.29) is 0 Å². The lowest BCUT2D eigenvalue weighted by Gasteiger charge is -2.16. The maximum atomic E-state index is 5.81. The molecule has 0 saturated carbocycles. The van der Waals surface area contributed by atoms with Crippen molar-refractivity contribution in [2.45, 2.75) is 13.8 Å². The first-order valence-electron chi connectivity index (χ1n) is 6.21. The number of nitrogens with zero attached hydrogens (tertiary/aromatic N) is 1. The van der Waals surface area contributed by atoms with Gasteiger partial charge in [-0.3, -0.25) is 4.98 Å². The van der Waals surface area contributed by atoms with Gasteiger partial charge >= 0.3 is 0 Å². The summed E-state index contributed by atoms with van der Waals surface area (Å²) in [6, 6.07) is 9.61. The van der Waals surface area contributed by atoms with Crippen LogP contribution < -0.4 is 15.8 Å². The number of benzene rings is 1. The summed E-state index contributed by atoms with van der Waals surface area (Å²) >= 11 is 5.12. The minimum Gasteiger partial charge on any atom is -0.495 e. The Morgan fingerprint density at radius 1 is 1.25 bits per heavy atom. The van der Waals surface area contributed by atoms with Crippen LogP contribution in [0.4, 0.5) is 11.4 Å². The summed E-state index contributed by atoms with van der Waals surface area (Å²) < 4.78 is 5.34. The lowest BCUT2D eigenvalue weighted by atomic mass is 10.1. The van der Waals surface area contributed by atoms with E-state index in [1.165, 1.54) is 0 Å². The van der Waals surface area contributed by atoms with Gasteiger partial charge in [0.1, 0.15) is 10.7 Å². The maximum absolute atomic E-state index is 5.81. The Bertz CT molecular complexity index is 656. The topological polar surface area (TPSA) is 60.2 Å². The summed E-state index contributed by atoms with van der Waals surface area (Å²) in [5.74, 6) is 0.758. The zero-order valence-corrected chi connectivity index (χ0v) is 12.5. The molecule has 2 aromatic rings. The number of ether oxygens (including phenoxy) is 1. The Hall–Kier alpha value is -2.14. The number of hydrogen-bond acceptors (Lipinski definition) is 4. The van der Waals surface area contributed by atoms with Crippen LogP contribution >= 0.6 is 12.2 Å². The van der Waals surface area contributed by atoms with Crippen LogP contribution in [0.3, 0.4) is 0 Å². The molecule has 0 aliphatic heterocycles. The fraction of sp³-hybridized carbons (Fsp3) is 0.200. The Balaban J connectivity index is 2.50. The molecule has 1 heterocycles. The van der Waals surface area contributed by atoms with E-state index in [4.69, 9.17) is 22.7 Å². The van der Waals surface area contributed by atoms with E-state index < -0.39 is 0 Å². The highest BCUT2D eigenvalue weighted by Gasteiger charge is 2.12. The molecular weight excluding hydrogens is 270 g/mol. The molecular formula is C15H17N3OS. The van der Waals surface area contributed by atoms with E-state index in [0.717, 1.165) is 34.1 Å². The van der Waals surface area contributed by atoms with Crippen LogP contribution in [0.1, 0.15) is 17.0 Å². The number of methoxy groups -OCH3 is 1. The Morgan fingerprint density at radius 2 is 1.95 bits per heavy atom. The van der Waals surface area contributed by atoms with Gasteiger partial charge < -0.3 is 15.8 Å². The standard InChI is InChI=1S/C15H17N3OS/c1-9-8-12(14(15(16)20)10(2)17-9)18-11-6-4-5-7-13(11)19-3/h4-8H,1-3H3,(H2,16,20)(H,17,18). The van der Waals surface area contributed by atoms with Crippen LogP contribution in [0.2, 0.25) is 0 Å². The number of hydrogen-bond donors (Lipinski definition) is 2. The SMILES string of the molecule is COc1ccccc1Nc1cc(C)nc(C)c1C(N)=S. The van der Waals surface area contributed by atoms with Crippen LogP contribution in [-0.2, 0) is 0 Å². The van der Waals surface area contributed by atoms with Crippen molar-refractivity contribution in [1.29, 1.82) is 0 Å². The molecule has 1 aromatic carbocycles. The number of aryl methyl sites for hydroxylation is 2. The molecule has 0 spiro atoms. The average Bonchev–Trinajstić information content (AvgIpc) is 2.38. The first kappa shape index (κ1) is 14.3. The first-order chi connectivity index (χ1) is 9.52. The number of aromatic nitrogens is 1. The molecule has 4 nitrogen and oxygen atoms in total. The van der Waals surface area contributed by atoms with E-state index in [1.54, 1.807) is 7.11 Å². The number of nitrogens with one attached hydrogen (secondary N) is 1. The van der Waals surface area contributed by atoms with Gasteiger partial charge in [0.05, 0.1) is 24.0 Å². The molecule has 104 valence electrons. The summed E-state index contributed by atoms with van der Waals surface area (Å²) in [5, 5.41) is 3.32. The second kappa shape index (κ2) is 5.88. The van der Waals surface area contributed by atoms with E-state index >= 15 is 0 Å². The van der Waals surface area contributed by atoms with Crippen LogP contribution in [0.25, 0.3) is 0 Å². The molecule has 0 unspecified atom stereocenters. The fourth-order valence-electron chi connectivity index (χ4n) is 2.13. The van der Waals surface area contributed by atoms with Crippen LogP contribution in [-0.4, -0.2) is 17.1 Å². The summed E-state index contributed by atoms with van der Waals surface area (Å²) in [6.07, 6.45) is 0. The van der Waals surface area contributed by atoms with Gasteiger partial charge in [0.25, 0.3) is 0 Å². The molecule has 5 heteroatoms. The van der Waals surface area contributed by atoms with Gasteiger partial charge in [-0.1, -0.05) is 24.4 Å². The summed E-state index contributed by atoms with van der Waals surface area (Å²) in [5.41, 5.74) is 9.99. The summed E-state index contributed by atoms with van der Waals surface area (Å²) in [4.78, 5) is 4.73. The van der Waals surface area contributed by atoms with Crippen LogP contribution in [0.15, 0.2) is 30.3 Å². The van der Waals surface area contributed by atoms with Gasteiger partial charge in [-0.25, -0.2) is 0 Å². The highest BCUT2D eigenvalue weighted by molar-refractivity contribution is 7.80. The van der Waals surface area contributed by atoms with Crippen molar-refractivity contribution in [3.63, 3.8) is 0 Å². The number of para-hydroxylation sites is 2. The van der Waals surface area contributed by atoms with E-state index in [9.17, 15) is 0 Å². The van der Waals surface area contributed by atoms with Crippen molar-refractivity contribution < 1.29 is 4.74 Å². The monoisotopic (exact) mass is 287 g/mol. The Morgan fingerprint density at radius 3 is 2.60 bits per heavy atom. The molecule has 0 radical (unpaired) electrons. The molecule has 20 heavy (non-hydrogen) atoms. The molecule has 0 fully saturated rings. The quantitative estimate of drug-likeness (QED) is 0.846. The van der Waals surface area contributed by atoms with Crippen LogP contribution in [0, 0.1) is 13.8 Å². The molecule has 0 aliphatic rings. The number of nitrogens with two attached hydrogens (primary N) is 1. The molecule has 0 saturated heterocycles. The highest BCUT2D eigenvalue weighted by Crippen LogP contribution is 2.29. The summed E-state index contributed by atoms with van der Waals surface area (Å²) in [6.45, 7) is 3.83. The molecule has 0 atom stereocenters. The predicted octanol–water partition coefficient (Wildman–Crippen LogP) is 3.08. The highest BCUT2D eigenvalue weighted by atomic mass is 32.1. The lowest BCUT2D eigenvalue weighted by Crippen LogP contribution is -2.15. The van der Waals surface area contributed by atoms with Crippen molar-refractivity contribution in [3.8, 4) is 5.75 Å². The van der Waals surface area contributed by atoms with E-state index in [1.807, 2.05) is 44.2 Å². The first-order valence-corrected chi connectivity index (χ1v) is 6.62. The van der Waals surface area contributed by atoms with Gasteiger partial charge in [-0.05, 0) is 32.0 Å². The second-order valence-corrected chi connectivity index (χ2v) is 4.90. The smallest absolute Gasteiger partial charge is 0.142 e. The molecule has 1 aromatic heterocycles. The van der Waals surface area contributed by atoms with E-state index in [2.05, 4.69) is 10.3 Å². The third-order valence-corrected chi connectivity index (χ3v) is 3.16. The van der Waals surface area contributed by atoms with Crippen molar-refractivity contribution in [1.82, 2.24) is 4.98 Å². The van der Waals surface area contributed by atoms with Crippen molar-refractivity contribution in [3.05, 3.63) is 47.3 Å². The van der Waals surface area contributed by atoms with Gasteiger partial charge in [0.2, 0.25) is 0 Å². The molecule has 3 N–H and O–H groups in total. The van der Waals surface area contributed by atoms with Gasteiger partial charge in [-0.15, -0.1) is 0 Å². The largest absolute Gasteiger partial charge is 0.495 e. The zero-order chi connectivity index (χ0) is 14.7. The number of thiocarbonyl (C=S) groups is 1. The molecule has 0 bridgehead atoms. The predicted molar refractivity (Wildman–Crippen MR) is 85.9 cm³/mol. The van der Waals surface area contributed by atoms with Gasteiger partial charge in [0, 0.05) is 11.4 Å². The van der Waals surface area contributed by atoms with Crippen molar-refractivity contribution in [2.24, 2.45) is 5.73 Å². The fourth-order valence-corrected chi connectivity index (χ4v) is 2.39. The van der Waals surface area contributed by atoms with E-state index in [0.29, 0.717) is 4.99 Å². The third-order valence-electron chi connectivity index (χ3n) is 2.95. The number of anilines is 2. The zero-order valence-electron chi connectivity index (χ0n) is 11.7. The average molecular weight is 287 g/mol. The van der Waals surface area contributed by atoms with Crippen LogP contribution in [0.5, 0.6) is 5.75 Å². The molecule has 0 aliphatic carbocycles. The minimum absolute atomic E-state index is 0.326. The number of pyridine rings is 1. The Kier molecular flexibility index (Phi) is 4.20.